The standard InChI is InChI=1S/C13H15FN2O2S/c14-9-3-4-11(10(6-9)12(15)19)16-13(17)8-2-1-5-18-7-8/h3-4,6,8H,1-2,5,7H2,(H2,15,19)(H,16,17). The summed E-state index contributed by atoms with van der Waals surface area (Å²) in [6.07, 6.45) is 1.65. The van der Waals surface area contributed by atoms with Crippen LogP contribution < -0.4 is 11.1 Å². The molecule has 3 N–H and O–H groups in total. The summed E-state index contributed by atoms with van der Waals surface area (Å²) in [6.45, 7) is 1.11. The highest BCUT2D eigenvalue weighted by atomic mass is 32.1. The highest BCUT2D eigenvalue weighted by Crippen LogP contribution is 2.20. The molecule has 2 rings (SSSR count). The van der Waals surface area contributed by atoms with Crippen molar-refractivity contribution in [3.05, 3.63) is 29.6 Å². The number of nitrogens with one attached hydrogen (secondary N) is 1. The van der Waals surface area contributed by atoms with Gasteiger partial charge in [0.2, 0.25) is 5.91 Å². The molecule has 1 fully saturated rings. The van der Waals surface area contributed by atoms with E-state index in [2.05, 4.69) is 5.32 Å². The van der Waals surface area contributed by atoms with E-state index in [1.807, 2.05) is 0 Å². The minimum Gasteiger partial charge on any atom is -0.389 e. The molecule has 0 radical (unpaired) electrons. The van der Waals surface area contributed by atoms with Crippen molar-refractivity contribution in [1.29, 1.82) is 0 Å². The molecule has 1 aliphatic heterocycles. The SMILES string of the molecule is NC(=S)c1cc(F)ccc1NC(=O)C1CCCOC1. The van der Waals surface area contributed by atoms with Crippen molar-refractivity contribution in [1.82, 2.24) is 0 Å². The van der Waals surface area contributed by atoms with Crippen LogP contribution in [0.1, 0.15) is 18.4 Å². The Hall–Kier alpha value is -1.53. The van der Waals surface area contributed by atoms with Crippen LogP contribution in [0.15, 0.2) is 18.2 Å². The van der Waals surface area contributed by atoms with E-state index in [-0.39, 0.29) is 16.8 Å². The molecule has 6 heteroatoms. The maximum absolute atomic E-state index is 13.2. The van der Waals surface area contributed by atoms with Gasteiger partial charge >= 0.3 is 0 Å². The van der Waals surface area contributed by atoms with Gasteiger partial charge in [-0.25, -0.2) is 4.39 Å². The van der Waals surface area contributed by atoms with E-state index >= 15 is 0 Å². The van der Waals surface area contributed by atoms with Crippen LogP contribution in [0.2, 0.25) is 0 Å². The van der Waals surface area contributed by atoms with E-state index in [9.17, 15) is 9.18 Å². The number of ether oxygens (including phenoxy) is 1. The molecule has 102 valence electrons. The number of rotatable bonds is 3. The fourth-order valence-electron chi connectivity index (χ4n) is 2.01. The Balaban J connectivity index is 2.13. The van der Waals surface area contributed by atoms with E-state index < -0.39 is 5.82 Å². The van der Waals surface area contributed by atoms with Gasteiger partial charge in [0.15, 0.2) is 0 Å². The number of thiocarbonyl (C=S) groups is 1. The molecule has 1 aromatic carbocycles. The molecular weight excluding hydrogens is 267 g/mol. The number of anilines is 1. The minimum absolute atomic E-state index is 0.0506. The molecule has 0 saturated carbocycles. The van der Waals surface area contributed by atoms with Crippen molar-refractivity contribution in [3.63, 3.8) is 0 Å². The lowest BCUT2D eigenvalue weighted by Crippen LogP contribution is -2.31. The van der Waals surface area contributed by atoms with Crippen molar-refractivity contribution >= 4 is 28.8 Å². The number of amides is 1. The number of nitrogens with two attached hydrogens (primary N) is 1. The smallest absolute Gasteiger partial charge is 0.229 e. The van der Waals surface area contributed by atoms with Gasteiger partial charge in [0.25, 0.3) is 0 Å². The summed E-state index contributed by atoms with van der Waals surface area (Å²) >= 11 is 4.85. The predicted octanol–water partition coefficient (Wildman–Crippen LogP) is 1.83. The topological polar surface area (TPSA) is 64.3 Å². The molecule has 1 atom stereocenters. The molecule has 4 nitrogen and oxygen atoms in total. The van der Waals surface area contributed by atoms with Crippen LogP contribution in [-0.4, -0.2) is 24.1 Å². The summed E-state index contributed by atoms with van der Waals surface area (Å²) in [4.78, 5) is 12.1. The summed E-state index contributed by atoms with van der Waals surface area (Å²) in [7, 11) is 0. The molecule has 0 bridgehead atoms. The summed E-state index contributed by atoms with van der Waals surface area (Å²) in [6, 6.07) is 3.94. The molecule has 1 amide bonds. The van der Waals surface area contributed by atoms with Crippen molar-refractivity contribution in [2.24, 2.45) is 11.7 Å². The molecular formula is C13H15FN2O2S. The third-order valence-electron chi connectivity index (χ3n) is 3.04. The highest BCUT2D eigenvalue weighted by molar-refractivity contribution is 7.80. The van der Waals surface area contributed by atoms with Crippen LogP contribution >= 0.6 is 12.2 Å². The van der Waals surface area contributed by atoms with Gasteiger partial charge in [-0.15, -0.1) is 0 Å². The predicted molar refractivity (Wildman–Crippen MR) is 74.5 cm³/mol. The highest BCUT2D eigenvalue weighted by Gasteiger charge is 2.22. The summed E-state index contributed by atoms with van der Waals surface area (Å²) in [5, 5.41) is 2.74. The Morgan fingerprint density at radius 3 is 2.95 bits per heavy atom. The first-order valence-corrected chi connectivity index (χ1v) is 6.46. The molecule has 19 heavy (non-hydrogen) atoms. The lowest BCUT2D eigenvalue weighted by molar-refractivity contribution is -0.123. The average Bonchev–Trinajstić information content (AvgIpc) is 2.41. The fourth-order valence-corrected chi connectivity index (χ4v) is 2.18. The third-order valence-corrected chi connectivity index (χ3v) is 3.26. The van der Waals surface area contributed by atoms with E-state index in [1.165, 1.54) is 18.2 Å². The first-order chi connectivity index (χ1) is 9.08. The van der Waals surface area contributed by atoms with Gasteiger partial charge in [-0.2, -0.15) is 0 Å². The molecule has 1 aromatic rings. The van der Waals surface area contributed by atoms with Crippen molar-refractivity contribution in [2.75, 3.05) is 18.5 Å². The summed E-state index contributed by atoms with van der Waals surface area (Å²) in [5.41, 5.74) is 6.29. The quantitative estimate of drug-likeness (QED) is 0.830. The van der Waals surface area contributed by atoms with Crippen LogP contribution in [-0.2, 0) is 9.53 Å². The Kier molecular flexibility index (Phi) is 4.44. The van der Waals surface area contributed by atoms with Gasteiger partial charge in [-0.1, -0.05) is 12.2 Å². The van der Waals surface area contributed by atoms with Crippen LogP contribution in [0.4, 0.5) is 10.1 Å². The van der Waals surface area contributed by atoms with Gasteiger partial charge < -0.3 is 15.8 Å². The Labute approximate surface area is 116 Å². The van der Waals surface area contributed by atoms with Crippen molar-refractivity contribution in [3.8, 4) is 0 Å². The Morgan fingerprint density at radius 2 is 2.32 bits per heavy atom. The van der Waals surface area contributed by atoms with E-state index in [4.69, 9.17) is 22.7 Å². The second-order valence-corrected chi connectivity index (χ2v) is 4.90. The van der Waals surface area contributed by atoms with E-state index in [1.54, 1.807) is 0 Å². The Bertz CT molecular complexity index is 501. The second-order valence-electron chi connectivity index (χ2n) is 4.46. The van der Waals surface area contributed by atoms with Crippen LogP contribution in [0.3, 0.4) is 0 Å². The zero-order valence-electron chi connectivity index (χ0n) is 10.3. The third kappa shape index (κ3) is 3.48. The first-order valence-electron chi connectivity index (χ1n) is 6.06. The largest absolute Gasteiger partial charge is 0.389 e. The zero-order valence-corrected chi connectivity index (χ0v) is 11.1. The maximum Gasteiger partial charge on any atom is 0.229 e. The number of benzene rings is 1. The summed E-state index contributed by atoms with van der Waals surface area (Å²) in [5.74, 6) is -0.774. The minimum atomic E-state index is -0.443. The van der Waals surface area contributed by atoms with Gasteiger partial charge in [0, 0.05) is 12.2 Å². The fraction of sp³-hybridized carbons (Fsp3) is 0.385. The van der Waals surface area contributed by atoms with Crippen LogP contribution in [0.5, 0.6) is 0 Å². The number of carbonyl (C=O) groups excluding carboxylic acids is 1. The van der Waals surface area contributed by atoms with E-state index in [0.717, 1.165) is 12.8 Å². The summed E-state index contributed by atoms with van der Waals surface area (Å²) < 4.78 is 18.4. The molecule has 1 aliphatic rings. The molecule has 1 unspecified atom stereocenters. The van der Waals surface area contributed by atoms with Crippen molar-refractivity contribution in [2.45, 2.75) is 12.8 Å². The van der Waals surface area contributed by atoms with E-state index in [0.29, 0.717) is 24.5 Å². The Morgan fingerprint density at radius 1 is 1.53 bits per heavy atom. The molecule has 0 spiro atoms. The zero-order chi connectivity index (χ0) is 13.8. The molecule has 0 aromatic heterocycles. The van der Waals surface area contributed by atoms with Crippen molar-refractivity contribution < 1.29 is 13.9 Å². The van der Waals surface area contributed by atoms with Gasteiger partial charge in [0.1, 0.15) is 10.8 Å². The van der Waals surface area contributed by atoms with Crippen LogP contribution in [0, 0.1) is 11.7 Å². The number of halogens is 1. The lowest BCUT2D eigenvalue weighted by atomic mass is 10.0. The first kappa shape index (κ1) is 13.9. The molecule has 0 aliphatic carbocycles. The lowest BCUT2D eigenvalue weighted by Gasteiger charge is -2.21. The van der Waals surface area contributed by atoms with Gasteiger partial charge in [0.05, 0.1) is 18.2 Å². The van der Waals surface area contributed by atoms with Gasteiger partial charge in [-0.3, -0.25) is 4.79 Å². The number of hydrogen-bond acceptors (Lipinski definition) is 3. The molecule has 1 saturated heterocycles. The average molecular weight is 282 g/mol. The molecule has 1 heterocycles. The maximum atomic E-state index is 13.2. The van der Waals surface area contributed by atoms with Crippen LogP contribution in [0.25, 0.3) is 0 Å². The normalized spacial score (nSPS) is 18.9. The second kappa shape index (κ2) is 6.08. The van der Waals surface area contributed by atoms with Gasteiger partial charge in [-0.05, 0) is 31.0 Å². The number of carbonyl (C=O) groups is 1. The number of hydrogen-bond donors (Lipinski definition) is 2. The monoisotopic (exact) mass is 282 g/mol.